The van der Waals surface area contributed by atoms with Crippen molar-refractivity contribution in [1.29, 1.82) is 0 Å². The molecule has 2 unspecified atom stereocenters. The van der Waals surface area contributed by atoms with Crippen molar-refractivity contribution in [3.05, 3.63) is 0 Å². The third kappa shape index (κ3) is 5.39. The molecule has 0 aromatic rings. The van der Waals surface area contributed by atoms with Crippen molar-refractivity contribution >= 4 is 5.84 Å². The Morgan fingerprint density at radius 2 is 2.05 bits per heavy atom. The fraction of sp³-hybridized carbons (Fsp3) is 0.933. The summed E-state index contributed by atoms with van der Waals surface area (Å²) in [6.07, 6.45) is 7.58. The summed E-state index contributed by atoms with van der Waals surface area (Å²) in [6.45, 7) is 8.58. The molecular formula is C15H31N3O. The molecule has 1 rings (SSSR count). The molecule has 0 aromatic heterocycles. The van der Waals surface area contributed by atoms with E-state index in [4.69, 9.17) is 10.9 Å². The van der Waals surface area contributed by atoms with E-state index in [-0.39, 0.29) is 5.41 Å². The SMILES string of the molecule is CC1CCCCC1CNCCCC(C)(C)C(N)=NO. The van der Waals surface area contributed by atoms with Crippen molar-refractivity contribution < 1.29 is 5.21 Å². The van der Waals surface area contributed by atoms with Gasteiger partial charge in [-0.3, -0.25) is 0 Å². The highest BCUT2D eigenvalue weighted by molar-refractivity contribution is 5.85. The standard InChI is InChI=1S/C15H31N3O/c1-12-7-4-5-8-13(12)11-17-10-6-9-15(2,3)14(16)18-19/h12-13,17,19H,4-11H2,1-3H3,(H2,16,18). The molecule has 0 bridgehead atoms. The van der Waals surface area contributed by atoms with Crippen LogP contribution in [0.25, 0.3) is 0 Å². The maximum absolute atomic E-state index is 8.72. The zero-order valence-corrected chi connectivity index (χ0v) is 12.8. The molecule has 4 heteroatoms. The fourth-order valence-corrected chi connectivity index (χ4v) is 2.90. The van der Waals surface area contributed by atoms with Gasteiger partial charge in [-0.1, -0.05) is 45.2 Å². The second-order valence-corrected chi connectivity index (χ2v) is 6.70. The van der Waals surface area contributed by atoms with Crippen LogP contribution in [0.2, 0.25) is 0 Å². The Morgan fingerprint density at radius 3 is 2.68 bits per heavy atom. The molecule has 1 aliphatic rings. The van der Waals surface area contributed by atoms with Gasteiger partial charge in [0.25, 0.3) is 0 Å². The molecule has 0 aromatic carbocycles. The van der Waals surface area contributed by atoms with Crippen molar-refractivity contribution in [2.45, 2.75) is 59.3 Å². The van der Waals surface area contributed by atoms with Crippen molar-refractivity contribution in [2.75, 3.05) is 13.1 Å². The lowest BCUT2D eigenvalue weighted by atomic mass is 9.80. The van der Waals surface area contributed by atoms with Crippen LogP contribution in [0.4, 0.5) is 0 Å². The zero-order chi connectivity index (χ0) is 14.3. The van der Waals surface area contributed by atoms with Crippen LogP contribution < -0.4 is 11.1 Å². The topological polar surface area (TPSA) is 70.6 Å². The maximum Gasteiger partial charge on any atom is 0.144 e. The van der Waals surface area contributed by atoms with Crippen molar-refractivity contribution in [1.82, 2.24) is 5.32 Å². The highest BCUT2D eigenvalue weighted by atomic mass is 16.4. The minimum absolute atomic E-state index is 0.214. The average molecular weight is 269 g/mol. The molecule has 112 valence electrons. The van der Waals surface area contributed by atoms with Crippen LogP contribution in [0, 0.1) is 17.3 Å². The molecule has 4 N–H and O–H groups in total. The van der Waals surface area contributed by atoms with E-state index in [2.05, 4.69) is 17.4 Å². The summed E-state index contributed by atoms with van der Waals surface area (Å²) in [6, 6.07) is 0. The quantitative estimate of drug-likeness (QED) is 0.219. The predicted octanol–water partition coefficient (Wildman–Crippen LogP) is 2.96. The van der Waals surface area contributed by atoms with Crippen LogP contribution in [0.1, 0.15) is 59.3 Å². The molecule has 19 heavy (non-hydrogen) atoms. The van der Waals surface area contributed by atoms with Crippen molar-refractivity contribution in [2.24, 2.45) is 28.1 Å². The van der Waals surface area contributed by atoms with Gasteiger partial charge in [0.2, 0.25) is 0 Å². The Morgan fingerprint density at radius 1 is 1.37 bits per heavy atom. The number of rotatable bonds is 7. The van der Waals surface area contributed by atoms with Crippen LogP contribution in [0.3, 0.4) is 0 Å². The Hall–Kier alpha value is -0.770. The van der Waals surface area contributed by atoms with E-state index >= 15 is 0 Å². The van der Waals surface area contributed by atoms with E-state index in [1.54, 1.807) is 0 Å². The highest BCUT2D eigenvalue weighted by Gasteiger charge is 2.23. The first kappa shape index (κ1) is 16.3. The summed E-state index contributed by atoms with van der Waals surface area (Å²) >= 11 is 0. The molecule has 0 amide bonds. The van der Waals surface area contributed by atoms with E-state index < -0.39 is 0 Å². The average Bonchev–Trinajstić information content (AvgIpc) is 2.39. The van der Waals surface area contributed by atoms with Crippen LogP contribution in [-0.2, 0) is 0 Å². The largest absolute Gasteiger partial charge is 0.409 e. The molecule has 4 nitrogen and oxygen atoms in total. The summed E-state index contributed by atoms with van der Waals surface area (Å²) in [5.74, 6) is 2.05. The van der Waals surface area contributed by atoms with Gasteiger partial charge in [0.05, 0.1) is 0 Å². The molecule has 0 aliphatic heterocycles. The van der Waals surface area contributed by atoms with Gasteiger partial charge < -0.3 is 16.3 Å². The minimum atomic E-state index is -0.214. The Kier molecular flexibility index (Phi) is 6.63. The first-order valence-corrected chi connectivity index (χ1v) is 7.66. The third-order valence-corrected chi connectivity index (χ3v) is 4.65. The smallest absolute Gasteiger partial charge is 0.144 e. The van der Waals surface area contributed by atoms with Gasteiger partial charge >= 0.3 is 0 Å². The molecule has 1 aliphatic carbocycles. The van der Waals surface area contributed by atoms with E-state index in [0.29, 0.717) is 5.84 Å². The van der Waals surface area contributed by atoms with E-state index in [1.165, 1.54) is 25.7 Å². The normalized spacial score (nSPS) is 25.5. The summed E-state index contributed by atoms with van der Waals surface area (Å²) < 4.78 is 0. The number of hydrogen-bond acceptors (Lipinski definition) is 3. The van der Waals surface area contributed by atoms with Gasteiger partial charge in [0.15, 0.2) is 0 Å². The third-order valence-electron chi connectivity index (χ3n) is 4.65. The number of nitrogens with zero attached hydrogens (tertiary/aromatic N) is 1. The van der Waals surface area contributed by atoms with E-state index in [0.717, 1.165) is 37.8 Å². The van der Waals surface area contributed by atoms with E-state index in [9.17, 15) is 0 Å². The first-order chi connectivity index (χ1) is 8.97. The summed E-state index contributed by atoms with van der Waals surface area (Å²) in [5.41, 5.74) is 5.47. The number of oxime groups is 1. The predicted molar refractivity (Wildman–Crippen MR) is 80.4 cm³/mol. The molecule has 2 atom stereocenters. The maximum atomic E-state index is 8.72. The summed E-state index contributed by atoms with van der Waals surface area (Å²) in [4.78, 5) is 0. The second kappa shape index (κ2) is 7.73. The number of nitrogens with two attached hydrogens (primary N) is 1. The summed E-state index contributed by atoms with van der Waals surface area (Å²) in [5, 5.41) is 15.4. The molecular weight excluding hydrogens is 238 g/mol. The molecule has 0 heterocycles. The minimum Gasteiger partial charge on any atom is -0.409 e. The lowest BCUT2D eigenvalue weighted by Gasteiger charge is -2.29. The van der Waals surface area contributed by atoms with Gasteiger partial charge in [-0.15, -0.1) is 0 Å². The van der Waals surface area contributed by atoms with Crippen molar-refractivity contribution in [3.8, 4) is 0 Å². The monoisotopic (exact) mass is 269 g/mol. The number of hydrogen-bond donors (Lipinski definition) is 3. The van der Waals surface area contributed by atoms with Crippen LogP contribution in [-0.4, -0.2) is 24.1 Å². The van der Waals surface area contributed by atoms with Gasteiger partial charge in [-0.2, -0.15) is 0 Å². The van der Waals surface area contributed by atoms with Crippen molar-refractivity contribution in [3.63, 3.8) is 0 Å². The second-order valence-electron chi connectivity index (χ2n) is 6.70. The summed E-state index contributed by atoms with van der Waals surface area (Å²) in [7, 11) is 0. The van der Waals surface area contributed by atoms with Crippen LogP contribution in [0.15, 0.2) is 5.16 Å². The Bertz CT molecular complexity index is 289. The highest BCUT2D eigenvalue weighted by Crippen LogP contribution is 2.29. The number of amidine groups is 1. The fourth-order valence-electron chi connectivity index (χ4n) is 2.90. The van der Waals surface area contributed by atoms with Crippen LogP contribution in [0.5, 0.6) is 0 Å². The molecule has 1 fully saturated rings. The Labute approximate surface area is 117 Å². The molecule has 1 saturated carbocycles. The van der Waals surface area contributed by atoms with Gasteiger partial charge in [-0.05, 0) is 44.2 Å². The number of nitrogens with one attached hydrogen (secondary N) is 1. The lowest BCUT2D eigenvalue weighted by molar-refractivity contribution is 0.247. The molecule has 0 spiro atoms. The van der Waals surface area contributed by atoms with Gasteiger partial charge in [0.1, 0.15) is 5.84 Å². The zero-order valence-electron chi connectivity index (χ0n) is 12.8. The first-order valence-electron chi connectivity index (χ1n) is 7.66. The lowest BCUT2D eigenvalue weighted by Crippen LogP contribution is -2.34. The van der Waals surface area contributed by atoms with E-state index in [1.807, 2.05) is 13.8 Å². The molecule has 0 radical (unpaired) electrons. The molecule has 0 saturated heterocycles. The van der Waals surface area contributed by atoms with Gasteiger partial charge in [0, 0.05) is 5.41 Å². The van der Waals surface area contributed by atoms with Gasteiger partial charge in [-0.25, -0.2) is 0 Å². The van der Waals surface area contributed by atoms with Crippen LogP contribution >= 0.6 is 0 Å². The Balaban J connectivity index is 2.14.